The molecule has 94 valence electrons. The van der Waals surface area contributed by atoms with E-state index < -0.39 is 0 Å². The van der Waals surface area contributed by atoms with Gasteiger partial charge in [-0.25, -0.2) is 0 Å². The second-order valence-corrected chi connectivity index (χ2v) is 6.53. The van der Waals surface area contributed by atoms with E-state index in [1.807, 2.05) is 12.1 Å². The standard InChI is InChI=1S/C15H22ClN/c1-15(2)8-7-14(17)12(10-15)9-11-5-3-4-6-13(11)16/h3-6,12,14H,7-10,17H2,1-2H3. The molecule has 0 aromatic heterocycles. The number of nitrogens with two attached hydrogens (primary N) is 1. The molecule has 1 nitrogen and oxygen atoms in total. The summed E-state index contributed by atoms with van der Waals surface area (Å²) in [6, 6.07) is 8.46. The molecule has 2 heteroatoms. The first-order chi connectivity index (χ1) is 7.98. The van der Waals surface area contributed by atoms with Crippen LogP contribution in [0.4, 0.5) is 0 Å². The number of benzene rings is 1. The first-order valence-electron chi connectivity index (χ1n) is 6.47. The van der Waals surface area contributed by atoms with Crippen molar-refractivity contribution in [3.63, 3.8) is 0 Å². The van der Waals surface area contributed by atoms with Crippen LogP contribution < -0.4 is 5.73 Å². The third kappa shape index (κ3) is 3.23. The molecule has 1 saturated carbocycles. The van der Waals surface area contributed by atoms with Crippen molar-refractivity contribution in [2.45, 2.75) is 45.6 Å². The van der Waals surface area contributed by atoms with E-state index in [1.165, 1.54) is 18.4 Å². The fourth-order valence-corrected chi connectivity index (χ4v) is 3.14. The molecule has 2 N–H and O–H groups in total. The summed E-state index contributed by atoms with van der Waals surface area (Å²) >= 11 is 6.22. The number of rotatable bonds is 2. The van der Waals surface area contributed by atoms with Gasteiger partial charge in [0.15, 0.2) is 0 Å². The molecule has 0 bridgehead atoms. The van der Waals surface area contributed by atoms with Crippen molar-refractivity contribution >= 4 is 11.6 Å². The zero-order chi connectivity index (χ0) is 12.5. The molecule has 0 spiro atoms. The third-order valence-electron chi connectivity index (χ3n) is 4.01. The molecule has 1 fully saturated rings. The number of halogens is 1. The van der Waals surface area contributed by atoms with E-state index in [4.69, 9.17) is 17.3 Å². The van der Waals surface area contributed by atoms with Crippen LogP contribution in [0.25, 0.3) is 0 Å². The second-order valence-electron chi connectivity index (χ2n) is 6.13. The van der Waals surface area contributed by atoms with Gasteiger partial charge in [-0.3, -0.25) is 0 Å². The molecule has 0 radical (unpaired) electrons. The highest BCUT2D eigenvalue weighted by Crippen LogP contribution is 2.39. The lowest BCUT2D eigenvalue weighted by molar-refractivity contribution is 0.157. The van der Waals surface area contributed by atoms with E-state index in [-0.39, 0.29) is 0 Å². The summed E-state index contributed by atoms with van der Waals surface area (Å²) in [5.74, 6) is 0.568. The van der Waals surface area contributed by atoms with Gasteiger partial charge < -0.3 is 5.73 Å². The van der Waals surface area contributed by atoms with Crippen LogP contribution in [0, 0.1) is 11.3 Å². The third-order valence-corrected chi connectivity index (χ3v) is 4.38. The van der Waals surface area contributed by atoms with Gasteiger partial charge in [0.1, 0.15) is 0 Å². The Morgan fingerprint density at radius 2 is 2.06 bits per heavy atom. The van der Waals surface area contributed by atoms with E-state index >= 15 is 0 Å². The van der Waals surface area contributed by atoms with Gasteiger partial charge in [0.05, 0.1) is 0 Å². The van der Waals surface area contributed by atoms with Gasteiger partial charge in [-0.2, -0.15) is 0 Å². The quantitative estimate of drug-likeness (QED) is 0.844. The summed E-state index contributed by atoms with van der Waals surface area (Å²) in [5.41, 5.74) is 7.93. The van der Waals surface area contributed by atoms with Crippen molar-refractivity contribution in [3.05, 3.63) is 34.9 Å². The Kier molecular flexibility index (Phi) is 3.79. The smallest absolute Gasteiger partial charge is 0.0438 e. The van der Waals surface area contributed by atoms with Crippen molar-refractivity contribution in [2.24, 2.45) is 17.1 Å². The summed E-state index contributed by atoms with van der Waals surface area (Å²) in [6.07, 6.45) is 4.61. The van der Waals surface area contributed by atoms with Crippen molar-refractivity contribution in [3.8, 4) is 0 Å². The maximum Gasteiger partial charge on any atom is 0.0438 e. The van der Waals surface area contributed by atoms with Crippen molar-refractivity contribution in [1.29, 1.82) is 0 Å². The van der Waals surface area contributed by atoms with E-state index in [1.54, 1.807) is 0 Å². The topological polar surface area (TPSA) is 26.0 Å². The van der Waals surface area contributed by atoms with Gasteiger partial charge >= 0.3 is 0 Å². The van der Waals surface area contributed by atoms with Crippen LogP contribution >= 0.6 is 11.6 Å². The highest BCUT2D eigenvalue weighted by Gasteiger charge is 2.33. The molecule has 1 aromatic carbocycles. The number of hydrogen-bond donors (Lipinski definition) is 1. The second kappa shape index (κ2) is 4.99. The Hall–Kier alpha value is -0.530. The lowest BCUT2D eigenvalue weighted by Crippen LogP contribution is -2.40. The largest absolute Gasteiger partial charge is 0.327 e. The van der Waals surface area contributed by atoms with Crippen molar-refractivity contribution in [2.75, 3.05) is 0 Å². The van der Waals surface area contributed by atoms with Crippen LogP contribution in [0.15, 0.2) is 24.3 Å². The van der Waals surface area contributed by atoms with Gasteiger partial charge in [0.25, 0.3) is 0 Å². The molecule has 2 unspecified atom stereocenters. The Morgan fingerprint density at radius 3 is 2.76 bits per heavy atom. The molecular weight excluding hydrogens is 230 g/mol. The average Bonchev–Trinajstić information content (AvgIpc) is 2.26. The van der Waals surface area contributed by atoms with Crippen molar-refractivity contribution in [1.82, 2.24) is 0 Å². The van der Waals surface area contributed by atoms with Gasteiger partial charge in [-0.05, 0) is 48.6 Å². The Morgan fingerprint density at radius 1 is 1.35 bits per heavy atom. The highest BCUT2D eigenvalue weighted by atomic mass is 35.5. The molecule has 1 aliphatic carbocycles. The molecule has 0 saturated heterocycles. The Bertz CT molecular complexity index is 386. The maximum atomic E-state index is 6.25. The van der Waals surface area contributed by atoms with Gasteiger partial charge in [0.2, 0.25) is 0 Å². The van der Waals surface area contributed by atoms with E-state index in [0.717, 1.165) is 17.9 Å². The predicted molar refractivity (Wildman–Crippen MR) is 74.3 cm³/mol. The van der Waals surface area contributed by atoms with Crippen LogP contribution in [-0.4, -0.2) is 6.04 Å². The monoisotopic (exact) mass is 251 g/mol. The van der Waals surface area contributed by atoms with Crippen molar-refractivity contribution < 1.29 is 0 Å². The zero-order valence-corrected chi connectivity index (χ0v) is 11.5. The zero-order valence-electron chi connectivity index (χ0n) is 10.7. The summed E-state index contributed by atoms with van der Waals surface area (Å²) in [5, 5.41) is 0.878. The van der Waals surface area contributed by atoms with E-state index in [9.17, 15) is 0 Å². The van der Waals surface area contributed by atoms with Crippen LogP contribution in [0.1, 0.15) is 38.7 Å². The molecule has 0 aliphatic heterocycles. The molecule has 0 heterocycles. The maximum absolute atomic E-state index is 6.25. The molecule has 1 aliphatic rings. The Balaban J connectivity index is 2.10. The van der Waals surface area contributed by atoms with Crippen LogP contribution in [0.5, 0.6) is 0 Å². The SMILES string of the molecule is CC1(C)CCC(N)C(Cc2ccccc2Cl)C1. The first kappa shape index (κ1) is 12.9. The molecule has 2 atom stereocenters. The Labute approximate surface area is 109 Å². The normalized spacial score (nSPS) is 28.0. The molecule has 1 aromatic rings. The minimum absolute atomic E-state index is 0.333. The van der Waals surface area contributed by atoms with Gasteiger partial charge in [0, 0.05) is 11.1 Å². The van der Waals surface area contributed by atoms with Crippen LogP contribution in [-0.2, 0) is 6.42 Å². The fourth-order valence-electron chi connectivity index (χ4n) is 2.93. The van der Waals surface area contributed by atoms with E-state index in [2.05, 4.69) is 26.0 Å². The minimum atomic E-state index is 0.333. The molecule has 17 heavy (non-hydrogen) atoms. The first-order valence-corrected chi connectivity index (χ1v) is 6.85. The lowest BCUT2D eigenvalue weighted by Gasteiger charge is -2.39. The minimum Gasteiger partial charge on any atom is -0.327 e. The summed E-state index contributed by atoms with van der Waals surface area (Å²) in [6.45, 7) is 4.69. The number of hydrogen-bond acceptors (Lipinski definition) is 1. The average molecular weight is 252 g/mol. The molecular formula is C15H22ClN. The summed E-state index contributed by atoms with van der Waals surface area (Å²) in [7, 11) is 0. The molecule has 2 rings (SSSR count). The highest BCUT2D eigenvalue weighted by molar-refractivity contribution is 6.31. The molecule has 0 amide bonds. The summed E-state index contributed by atoms with van der Waals surface area (Å²) in [4.78, 5) is 0. The van der Waals surface area contributed by atoms with Gasteiger partial charge in [-0.15, -0.1) is 0 Å². The van der Waals surface area contributed by atoms with Crippen LogP contribution in [0.2, 0.25) is 5.02 Å². The van der Waals surface area contributed by atoms with Crippen LogP contribution in [0.3, 0.4) is 0 Å². The van der Waals surface area contributed by atoms with E-state index in [0.29, 0.717) is 17.4 Å². The summed E-state index contributed by atoms with van der Waals surface area (Å²) < 4.78 is 0. The lowest BCUT2D eigenvalue weighted by atomic mass is 9.68. The fraction of sp³-hybridized carbons (Fsp3) is 0.600. The predicted octanol–water partition coefficient (Wildman–Crippen LogP) is 4.04. The van der Waals surface area contributed by atoms with Gasteiger partial charge in [-0.1, -0.05) is 43.6 Å².